The minimum atomic E-state index is -0.470. The number of rotatable bonds is 6. The van der Waals surface area contributed by atoms with Crippen LogP contribution in [0.2, 0.25) is 0 Å². The number of carbonyl (C=O) groups excluding carboxylic acids is 1. The van der Waals surface area contributed by atoms with Crippen molar-refractivity contribution in [2.75, 3.05) is 5.32 Å². The molecule has 0 saturated carbocycles. The van der Waals surface area contributed by atoms with Gasteiger partial charge in [-0.25, -0.2) is 0 Å². The first-order chi connectivity index (χ1) is 13.7. The molecule has 0 atom stereocenters. The van der Waals surface area contributed by atoms with Gasteiger partial charge in [-0.05, 0) is 42.0 Å². The van der Waals surface area contributed by atoms with Crippen molar-refractivity contribution in [3.63, 3.8) is 0 Å². The standard InChI is InChI=1S/C23H17BrN2O2/c24-20-10-12-21(13-11-20)26-23(27)19(15-25)14-18-8-4-5-9-22(18)28-16-17-6-2-1-3-7-17/h1-14H,16H2,(H,26,27)/b19-14-. The molecule has 28 heavy (non-hydrogen) atoms. The van der Waals surface area contributed by atoms with E-state index in [-0.39, 0.29) is 5.57 Å². The summed E-state index contributed by atoms with van der Waals surface area (Å²) in [6.07, 6.45) is 1.54. The topological polar surface area (TPSA) is 62.1 Å². The number of hydrogen-bond donors (Lipinski definition) is 1. The van der Waals surface area contributed by atoms with Crippen molar-refractivity contribution in [1.29, 1.82) is 5.26 Å². The van der Waals surface area contributed by atoms with Crippen molar-refractivity contribution >= 4 is 33.6 Å². The Labute approximate surface area is 172 Å². The third-order valence-electron chi connectivity index (χ3n) is 3.92. The van der Waals surface area contributed by atoms with Crippen molar-refractivity contribution in [3.05, 3.63) is 100 Å². The van der Waals surface area contributed by atoms with Crippen LogP contribution in [0.15, 0.2) is 88.9 Å². The average molecular weight is 433 g/mol. The van der Waals surface area contributed by atoms with E-state index < -0.39 is 5.91 Å². The molecule has 1 amide bonds. The maximum atomic E-state index is 12.5. The van der Waals surface area contributed by atoms with Gasteiger partial charge in [0, 0.05) is 15.7 Å². The van der Waals surface area contributed by atoms with Crippen LogP contribution in [0.4, 0.5) is 5.69 Å². The maximum absolute atomic E-state index is 12.5. The van der Waals surface area contributed by atoms with Crippen LogP contribution in [-0.4, -0.2) is 5.91 Å². The number of halogens is 1. The quantitative estimate of drug-likeness (QED) is 0.408. The third-order valence-corrected chi connectivity index (χ3v) is 4.45. The van der Waals surface area contributed by atoms with Gasteiger partial charge in [-0.2, -0.15) is 5.26 Å². The number of benzene rings is 3. The summed E-state index contributed by atoms with van der Waals surface area (Å²) < 4.78 is 6.80. The van der Waals surface area contributed by atoms with E-state index in [1.807, 2.05) is 72.8 Å². The van der Waals surface area contributed by atoms with Gasteiger partial charge in [0.15, 0.2) is 0 Å². The molecule has 0 aliphatic rings. The highest BCUT2D eigenvalue weighted by atomic mass is 79.9. The molecule has 0 spiro atoms. The zero-order valence-electron chi connectivity index (χ0n) is 14.9. The van der Waals surface area contributed by atoms with E-state index in [1.54, 1.807) is 12.1 Å². The highest BCUT2D eigenvalue weighted by Crippen LogP contribution is 2.23. The molecular weight excluding hydrogens is 416 g/mol. The van der Waals surface area contributed by atoms with Gasteiger partial charge >= 0.3 is 0 Å². The first kappa shape index (κ1) is 19.4. The van der Waals surface area contributed by atoms with Crippen molar-refractivity contribution in [3.8, 4) is 11.8 Å². The largest absolute Gasteiger partial charge is 0.488 e. The highest BCUT2D eigenvalue weighted by Gasteiger charge is 2.11. The summed E-state index contributed by atoms with van der Waals surface area (Å²) in [6.45, 7) is 0.401. The highest BCUT2D eigenvalue weighted by molar-refractivity contribution is 9.10. The van der Waals surface area contributed by atoms with Gasteiger partial charge in [-0.3, -0.25) is 4.79 Å². The normalized spacial score (nSPS) is 10.8. The Morgan fingerprint density at radius 1 is 1.00 bits per heavy atom. The molecule has 0 fully saturated rings. The summed E-state index contributed by atoms with van der Waals surface area (Å²) in [4.78, 5) is 12.5. The second-order valence-electron chi connectivity index (χ2n) is 5.94. The van der Waals surface area contributed by atoms with Gasteiger partial charge in [0.25, 0.3) is 5.91 Å². The van der Waals surface area contributed by atoms with Gasteiger partial charge < -0.3 is 10.1 Å². The molecule has 0 aliphatic heterocycles. The summed E-state index contributed by atoms with van der Waals surface area (Å²) in [6, 6.07) is 26.2. The van der Waals surface area contributed by atoms with Crippen LogP contribution in [0.25, 0.3) is 6.08 Å². The summed E-state index contributed by atoms with van der Waals surface area (Å²) in [5.41, 5.74) is 2.32. The Hall–Kier alpha value is -3.36. The second-order valence-corrected chi connectivity index (χ2v) is 6.86. The Balaban J connectivity index is 1.77. The monoisotopic (exact) mass is 432 g/mol. The van der Waals surface area contributed by atoms with E-state index in [0.717, 1.165) is 10.0 Å². The summed E-state index contributed by atoms with van der Waals surface area (Å²) in [5, 5.41) is 12.2. The first-order valence-corrected chi connectivity index (χ1v) is 9.39. The van der Waals surface area contributed by atoms with Gasteiger partial charge in [-0.1, -0.05) is 64.5 Å². The molecule has 4 nitrogen and oxygen atoms in total. The van der Waals surface area contributed by atoms with Crippen LogP contribution in [0.5, 0.6) is 5.75 Å². The van der Waals surface area contributed by atoms with E-state index in [2.05, 4.69) is 21.2 Å². The molecule has 0 bridgehead atoms. The number of carbonyl (C=O) groups is 1. The third kappa shape index (κ3) is 5.32. The Morgan fingerprint density at radius 2 is 1.68 bits per heavy atom. The fraction of sp³-hybridized carbons (Fsp3) is 0.0435. The SMILES string of the molecule is N#C/C(=C/c1ccccc1OCc1ccccc1)C(=O)Nc1ccc(Br)cc1. The average Bonchev–Trinajstić information content (AvgIpc) is 2.73. The summed E-state index contributed by atoms with van der Waals surface area (Å²) >= 11 is 3.35. The smallest absolute Gasteiger partial charge is 0.266 e. The van der Waals surface area contributed by atoms with Crippen molar-refractivity contribution in [1.82, 2.24) is 0 Å². The maximum Gasteiger partial charge on any atom is 0.266 e. The number of hydrogen-bond acceptors (Lipinski definition) is 3. The molecule has 0 saturated heterocycles. The Morgan fingerprint density at radius 3 is 2.39 bits per heavy atom. The van der Waals surface area contributed by atoms with Crippen LogP contribution < -0.4 is 10.1 Å². The van der Waals surface area contributed by atoms with Crippen LogP contribution in [0, 0.1) is 11.3 Å². The van der Waals surface area contributed by atoms with Gasteiger partial charge in [0.05, 0.1) is 0 Å². The van der Waals surface area contributed by atoms with Crippen LogP contribution in [-0.2, 0) is 11.4 Å². The van der Waals surface area contributed by atoms with E-state index in [4.69, 9.17) is 4.74 Å². The number of nitrogens with one attached hydrogen (secondary N) is 1. The zero-order chi connectivity index (χ0) is 19.8. The predicted molar refractivity (Wildman–Crippen MR) is 114 cm³/mol. The number of nitrogens with zero attached hydrogens (tertiary/aromatic N) is 1. The molecule has 0 heterocycles. The lowest BCUT2D eigenvalue weighted by Gasteiger charge is -2.10. The van der Waals surface area contributed by atoms with Crippen LogP contribution in [0.1, 0.15) is 11.1 Å². The second kappa shape index (κ2) is 9.54. The molecule has 3 rings (SSSR count). The molecule has 138 valence electrons. The van der Waals surface area contributed by atoms with Crippen molar-refractivity contribution < 1.29 is 9.53 Å². The molecule has 0 unspecified atom stereocenters. The Kier molecular flexibility index (Phi) is 6.61. The van der Waals surface area contributed by atoms with E-state index >= 15 is 0 Å². The Bertz CT molecular complexity index is 1020. The molecular formula is C23H17BrN2O2. The number of amides is 1. The van der Waals surface area contributed by atoms with E-state index in [0.29, 0.717) is 23.6 Å². The van der Waals surface area contributed by atoms with Gasteiger partial charge in [-0.15, -0.1) is 0 Å². The lowest BCUT2D eigenvalue weighted by atomic mass is 10.1. The molecule has 0 radical (unpaired) electrons. The summed E-state index contributed by atoms with van der Waals surface area (Å²) in [7, 11) is 0. The van der Waals surface area contributed by atoms with Gasteiger partial charge in [0.2, 0.25) is 0 Å². The molecule has 0 aliphatic carbocycles. The molecule has 3 aromatic rings. The fourth-order valence-electron chi connectivity index (χ4n) is 2.50. The number of ether oxygens (including phenoxy) is 1. The number of nitriles is 1. The minimum absolute atomic E-state index is 0.00122. The minimum Gasteiger partial charge on any atom is -0.488 e. The first-order valence-electron chi connectivity index (χ1n) is 8.60. The van der Waals surface area contributed by atoms with E-state index in [1.165, 1.54) is 6.08 Å². The lowest BCUT2D eigenvalue weighted by molar-refractivity contribution is -0.112. The predicted octanol–water partition coefficient (Wildman–Crippen LogP) is 5.57. The number of anilines is 1. The fourth-order valence-corrected chi connectivity index (χ4v) is 2.77. The van der Waals surface area contributed by atoms with Crippen molar-refractivity contribution in [2.45, 2.75) is 6.61 Å². The van der Waals surface area contributed by atoms with Crippen LogP contribution >= 0.6 is 15.9 Å². The van der Waals surface area contributed by atoms with Crippen molar-refractivity contribution in [2.24, 2.45) is 0 Å². The zero-order valence-corrected chi connectivity index (χ0v) is 16.5. The molecule has 1 N–H and O–H groups in total. The molecule has 5 heteroatoms. The lowest BCUT2D eigenvalue weighted by Crippen LogP contribution is -2.13. The molecule has 0 aromatic heterocycles. The number of para-hydroxylation sites is 1. The van der Waals surface area contributed by atoms with Crippen LogP contribution in [0.3, 0.4) is 0 Å². The summed E-state index contributed by atoms with van der Waals surface area (Å²) in [5.74, 6) is 0.137. The van der Waals surface area contributed by atoms with Gasteiger partial charge in [0.1, 0.15) is 24.0 Å². The molecule has 3 aromatic carbocycles. The van der Waals surface area contributed by atoms with E-state index in [9.17, 15) is 10.1 Å².